The van der Waals surface area contributed by atoms with E-state index in [2.05, 4.69) is 26.3 Å². The van der Waals surface area contributed by atoms with Crippen molar-refractivity contribution in [3.8, 4) is 0 Å². The molecule has 1 aromatic heterocycles. The van der Waals surface area contributed by atoms with E-state index in [0.29, 0.717) is 19.7 Å². The molecule has 0 aliphatic heterocycles. The zero-order valence-corrected chi connectivity index (χ0v) is 12.4. The summed E-state index contributed by atoms with van der Waals surface area (Å²) in [5, 5.41) is 7.03. The number of hydrogen-bond acceptors (Lipinski definition) is 3. The minimum atomic E-state index is -0.0936. The lowest BCUT2D eigenvalue weighted by atomic mass is 10.1. The molecule has 1 heterocycles. The molecular weight excluding hydrogens is 298 g/mol. The van der Waals surface area contributed by atoms with Gasteiger partial charge >= 0.3 is 0 Å². The van der Waals surface area contributed by atoms with Crippen LogP contribution in [0.3, 0.4) is 0 Å². The van der Waals surface area contributed by atoms with Crippen LogP contribution in [0.4, 0.5) is 0 Å². The molecule has 5 nitrogen and oxygen atoms in total. The lowest BCUT2D eigenvalue weighted by Crippen LogP contribution is -2.32. The van der Waals surface area contributed by atoms with Crippen molar-refractivity contribution >= 4 is 21.8 Å². The molecule has 0 spiro atoms. The van der Waals surface area contributed by atoms with Gasteiger partial charge in [-0.25, -0.2) is 0 Å². The van der Waals surface area contributed by atoms with Gasteiger partial charge in [0.25, 0.3) is 0 Å². The summed E-state index contributed by atoms with van der Waals surface area (Å²) in [6.07, 6.45) is 4.42. The number of carbonyl (C=O) groups is 1. The molecule has 0 aromatic carbocycles. The average Bonchev–Trinajstić information content (AvgIpc) is 2.74. The van der Waals surface area contributed by atoms with Crippen LogP contribution in [0.15, 0.2) is 16.9 Å². The van der Waals surface area contributed by atoms with Gasteiger partial charge in [-0.05, 0) is 29.3 Å². The van der Waals surface area contributed by atoms with Crippen molar-refractivity contribution < 1.29 is 9.53 Å². The highest BCUT2D eigenvalue weighted by Gasteiger charge is 2.13. The fourth-order valence-electron chi connectivity index (χ4n) is 1.51. The van der Waals surface area contributed by atoms with Gasteiger partial charge in [-0.2, -0.15) is 5.10 Å². The summed E-state index contributed by atoms with van der Waals surface area (Å²) in [6.45, 7) is 6.51. The lowest BCUT2D eigenvalue weighted by Gasteiger charge is -2.12. The molecule has 0 unspecified atom stereocenters. The first-order valence-electron chi connectivity index (χ1n) is 6.17. The first-order valence-corrected chi connectivity index (χ1v) is 6.96. The quantitative estimate of drug-likeness (QED) is 0.744. The topological polar surface area (TPSA) is 56.1 Å². The second-order valence-corrected chi connectivity index (χ2v) is 5.04. The van der Waals surface area contributed by atoms with Crippen molar-refractivity contribution in [1.29, 1.82) is 0 Å². The third-order valence-corrected chi connectivity index (χ3v) is 2.89. The van der Waals surface area contributed by atoms with Gasteiger partial charge in [0.2, 0.25) is 5.91 Å². The number of hydrogen-bond donors (Lipinski definition) is 1. The normalized spacial score (nSPS) is 12.4. The first kappa shape index (κ1) is 15.2. The smallest absolute Gasteiger partial charge is 0.224 e. The summed E-state index contributed by atoms with van der Waals surface area (Å²) >= 11 is 3.33. The molecule has 0 saturated heterocycles. The average molecular weight is 318 g/mol. The van der Waals surface area contributed by atoms with Crippen LogP contribution in [-0.4, -0.2) is 35.4 Å². The van der Waals surface area contributed by atoms with Crippen LogP contribution in [0.25, 0.3) is 0 Å². The van der Waals surface area contributed by atoms with Gasteiger partial charge in [0.15, 0.2) is 0 Å². The summed E-state index contributed by atoms with van der Waals surface area (Å²) in [4.78, 5) is 11.8. The van der Waals surface area contributed by atoms with E-state index in [0.717, 1.165) is 17.5 Å². The fourth-order valence-corrected chi connectivity index (χ4v) is 1.83. The molecule has 0 aliphatic rings. The van der Waals surface area contributed by atoms with Crippen molar-refractivity contribution in [3.63, 3.8) is 0 Å². The predicted octanol–water partition coefficient (Wildman–Crippen LogP) is 1.82. The number of aromatic nitrogens is 2. The number of nitrogens with zero attached hydrogens (tertiary/aromatic N) is 2. The second-order valence-electron chi connectivity index (χ2n) is 4.12. The van der Waals surface area contributed by atoms with E-state index in [4.69, 9.17) is 4.74 Å². The van der Waals surface area contributed by atoms with Crippen molar-refractivity contribution in [2.24, 2.45) is 5.92 Å². The second kappa shape index (κ2) is 8.26. The Labute approximate surface area is 116 Å². The van der Waals surface area contributed by atoms with Gasteiger partial charge in [0.1, 0.15) is 0 Å². The van der Waals surface area contributed by atoms with E-state index in [1.165, 1.54) is 0 Å². The summed E-state index contributed by atoms with van der Waals surface area (Å²) in [6, 6.07) is 0. The zero-order valence-electron chi connectivity index (χ0n) is 10.9. The van der Waals surface area contributed by atoms with Crippen LogP contribution in [0.1, 0.15) is 20.3 Å². The summed E-state index contributed by atoms with van der Waals surface area (Å²) in [7, 11) is 0. The monoisotopic (exact) mass is 317 g/mol. The fraction of sp³-hybridized carbons (Fsp3) is 0.667. The molecule has 1 aromatic rings. The molecule has 1 amide bonds. The molecule has 0 aliphatic carbocycles. The van der Waals surface area contributed by atoms with Crippen molar-refractivity contribution in [3.05, 3.63) is 16.9 Å². The van der Waals surface area contributed by atoms with Gasteiger partial charge in [-0.1, -0.05) is 6.92 Å². The summed E-state index contributed by atoms with van der Waals surface area (Å²) in [5.74, 6) is -0.0398. The minimum absolute atomic E-state index is 0.0538. The molecule has 0 radical (unpaired) electrons. The van der Waals surface area contributed by atoms with E-state index < -0.39 is 0 Å². The Bertz CT molecular complexity index is 368. The number of ether oxygens (including phenoxy) is 1. The van der Waals surface area contributed by atoms with Gasteiger partial charge in [0, 0.05) is 26.0 Å². The largest absolute Gasteiger partial charge is 0.382 e. The van der Waals surface area contributed by atoms with Crippen LogP contribution >= 0.6 is 15.9 Å². The van der Waals surface area contributed by atoms with Crippen LogP contribution in [0, 0.1) is 5.92 Å². The highest BCUT2D eigenvalue weighted by molar-refractivity contribution is 9.10. The predicted molar refractivity (Wildman–Crippen MR) is 73.2 cm³/mol. The van der Waals surface area contributed by atoms with E-state index in [1.807, 2.05) is 20.0 Å². The molecule has 0 fully saturated rings. The zero-order chi connectivity index (χ0) is 13.4. The number of nitrogens with one attached hydrogen (secondary N) is 1. The Hall–Kier alpha value is -0.880. The highest BCUT2D eigenvalue weighted by atomic mass is 79.9. The SMILES string of the molecule is CCOCCCNC(=O)[C@H](C)Cn1cc(Br)cn1. The molecule has 1 rings (SSSR count). The van der Waals surface area contributed by atoms with Crippen LogP contribution in [0.5, 0.6) is 0 Å². The lowest BCUT2D eigenvalue weighted by molar-refractivity contribution is -0.125. The highest BCUT2D eigenvalue weighted by Crippen LogP contribution is 2.08. The Morgan fingerprint density at radius 1 is 1.67 bits per heavy atom. The molecule has 1 atom stereocenters. The van der Waals surface area contributed by atoms with Crippen molar-refractivity contribution in [2.75, 3.05) is 19.8 Å². The van der Waals surface area contributed by atoms with Crippen molar-refractivity contribution in [2.45, 2.75) is 26.8 Å². The van der Waals surface area contributed by atoms with E-state index in [1.54, 1.807) is 10.9 Å². The number of amides is 1. The molecule has 1 N–H and O–H groups in total. The molecule has 0 bridgehead atoms. The van der Waals surface area contributed by atoms with E-state index >= 15 is 0 Å². The third-order valence-electron chi connectivity index (χ3n) is 2.48. The van der Waals surface area contributed by atoms with Gasteiger partial charge in [-0.15, -0.1) is 0 Å². The Balaban J connectivity index is 2.20. The first-order chi connectivity index (χ1) is 8.63. The van der Waals surface area contributed by atoms with Crippen molar-refractivity contribution in [1.82, 2.24) is 15.1 Å². The number of rotatable bonds is 8. The maximum atomic E-state index is 11.8. The Morgan fingerprint density at radius 3 is 3.06 bits per heavy atom. The van der Waals surface area contributed by atoms with Crippen LogP contribution in [0.2, 0.25) is 0 Å². The maximum Gasteiger partial charge on any atom is 0.224 e. The minimum Gasteiger partial charge on any atom is -0.382 e. The van der Waals surface area contributed by atoms with Gasteiger partial charge in [0.05, 0.1) is 23.1 Å². The van der Waals surface area contributed by atoms with Gasteiger partial charge in [-0.3, -0.25) is 9.48 Å². The molecule has 18 heavy (non-hydrogen) atoms. The van der Waals surface area contributed by atoms with Crippen LogP contribution < -0.4 is 5.32 Å². The molecule has 102 valence electrons. The standard InChI is InChI=1S/C12H20BrN3O2/c1-3-18-6-4-5-14-12(17)10(2)8-16-9-11(13)7-15-16/h7,9-10H,3-6,8H2,1-2H3,(H,14,17)/t10-/m1/s1. The molecule has 0 saturated carbocycles. The Kier molecular flexibility index (Phi) is 6.97. The number of carbonyl (C=O) groups excluding carboxylic acids is 1. The summed E-state index contributed by atoms with van der Waals surface area (Å²) in [5.41, 5.74) is 0. The summed E-state index contributed by atoms with van der Waals surface area (Å²) < 4.78 is 7.89. The van der Waals surface area contributed by atoms with Crippen LogP contribution in [-0.2, 0) is 16.1 Å². The van der Waals surface area contributed by atoms with E-state index in [-0.39, 0.29) is 11.8 Å². The maximum absolute atomic E-state index is 11.8. The number of halogens is 1. The Morgan fingerprint density at radius 2 is 2.44 bits per heavy atom. The molecule has 6 heteroatoms. The van der Waals surface area contributed by atoms with E-state index in [9.17, 15) is 4.79 Å². The third kappa shape index (κ3) is 5.64. The van der Waals surface area contributed by atoms with Gasteiger partial charge < -0.3 is 10.1 Å². The molecular formula is C12H20BrN3O2.